The summed E-state index contributed by atoms with van der Waals surface area (Å²) in [6.45, 7) is 2.64. The molecule has 0 aromatic heterocycles. The summed E-state index contributed by atoms with van der Waals surface area (Å²) >= 11 is 5.82. The molecule has 0 aliphatic carbocycles. The van der Waals surface area contributed by atoms with Gasteiger partial charge >= 0.3 is 5.97 Å². The lowest BCUT2D eigenvalue weighted by molar-refractivity contribution is -0.154. The Morgan fingerprint density at radius 1 is 1.47 bits per heavy atom. The first-order valence-electron chi connectivity index (χ1n) is 5.82. The molecule has 2 atom stereocenters. The fourth-order valence-electron chi connectivity index (χ4n) is 1.33. The summed E-state index contributed by atoms with van der Waals surface area (Å²) in [4.78, 5) is 11.6. The van der Waals surface area contributed by atoms with Crippen molar-refractivity contribution < 1.29 is 24.5 Å². The van der Waals surface area contributed by atoms with E-state index in [1.165, 1.54) is 0 Å². The average molecular weight is 289 g/mol. The van der Waals surface area contributed by atoms with Gasteiger partial charge in [0.05, 0.1) is 6.61 Å². The third-order valence-corrected chi connectivity index (χ3v) is 2.64. The third-order valence-electron chi connectivity index (χ3n) is 2.40. The minimum atomic E-state index is -1.08. The van der Waals surface area contributed by atoms with Crippen LogP contribution in [-0.2, 0) is 9.53 Å². The largest absolute Gasteiger partial charge is 0.479 e. The molecule has 0 bridgehead atoms. The molecule has 106 valence electrons. The topological polar surface area (TPSA) is 76.0 Å². The van der Waals surface area contributed by atoms with Gasteiger partial charge in [0.1, 0.15) is 18.5 Å². The summed E-state index contributed by atoms with van der Waals surface area (Å²) in [5.74, 6) is -0.0709. The summed E-state index contributed by atoms with van der Waals surface area (Å²) in [5, 5.41) is 18.3. The van der Waals surface area contributed by atoms with Crippen LogP contribution in [-0.4, -0.2) is 41.6 Å². The van der Waals surface area contributed by atoms with E-state index in [9.17, 15) is 4.79 Å². The zero-order chi connectivity index (χ0) is 14.4. The van der Waals surface area contributed by atoms with Crippen molar-refractivity contribution in [3.05, 3.63) is 28.8 Å². The first-order chi connectivity index (χ1) is 8.93. The molecule has 2 N–H and O–H groups in total. The van der Waals surface area contributed by atoms with Crippen LogP contribution in [0, 0.1) is 6.92 Å². The normalized spacial score (nSPS) is 13.7. The zero-order valence-electron chi connectivity index (χ0n) is 10.8. The zero-order valence-corrected chi connectivity index (χ0v) is 11.6. The molecule has 0 spiro atoms. The molecule has 0 heterocycles. The van der Waals surface area contributed by atoms with Crippen molar-refractivity contribution in [3.63, 3.8) is 0 Å². The minimum absolute atomic E-state index is 0.261. The first-order valence-corrected chi connectivity index (χ1v) is 6.20. The Kier molecular flexibility index (Phi) is 6.08. The van der Waals surface area contributed by atoms with E-state index in [0.717, 1.165) is 5.56 Å². The van der Waals surface area contributed by atoms with E-state index >= 15 is 0 Å². The quantitative estimate of drug-likeness (QED) is 0.772. The van der Waals surface area contributed by atoms with E-state index in [-0.39, 0.29) is 6.61 Å². The molecule has 1 aromatic rings. The van der Waals surface area contributed by atoms with Gasteiger partial charge in [0.25, 0.3) is 0 Å². The number of aliphatic hydroxyl groups excluding tert-OH is 2. The highest BCUT2D eigenvalue weighted by molar-refractivity contribution is 6.30. The fraction of sp³-hybridized carbons (Fsp3) is 0.462. The number of hydrogen-bond acceptors (Lipinski definition) is 5. The number of carbonyl (C=O) groups excluding carboxylic acids is 1. The number of hydrogen-bond donors (Lipinski definition) is 2. The van der Waals surface area contributed by atoms with Gasteiger partial charge in [-0.2, -0.15) is 0 Å². The van der Waals surface area contributed by atoms with E-state index in [1.54, 1.807) is 25.1 Å². The molecule has 1 rings (SSSR count). The number of esters is 1. The summed E-state index contributed by atoms with van der Waals surface area (Å²) in [5.41, 5.74) is 0.808. The van der Waals surface area contributed by atoms with Crippen molar-refractivity contribution in [2.75, 3.05) is 13.2 Å². The van der Waals surface area contributed by atoms with E-state index < -0.39 is 24.8 Å². The second-order valence-corrected chi connectivity index (χ2v) is 4.57. The third kappa shape index (κ3) is 5.06. The summed E-state index contributed by atoms with van der Waals surface area (Å²) in [7, 11) is 0. The maximum atomic E-state index is 11.6. The molecule has 0 amide bonds. The van der Waals surface area contributed by atoms with Crippen LogP contribution in [0.15, 0.2) is 18.2 Å². The van der Waals surface area contributed by atoms with Crippen molar-refractivity contribution in [2.24, 2.45) is 0 Å². The molecule has 6 heteroatoms. The van der Waals surface area contributed by atoms with E-state index in [4.69, 9.17) is 31.3 Å². The van der Waals surface area contributed by atoms with E-state index in [1.807, 2.05) is 6.92 Å². The van der Waals surface area contributed by atoms with Gasteiger partial charge in [0.2, 0.25) is 0 Å². The molecule has 5 nitrogen and oxygen atoms in total. The Labute approximate surface area is 116 Å². The second kappa shape index (κ2) is 7.33. The highest BCUT2D eigenvalue weighted by atomic mass is 35.5. The monoisotopic (exact) mass is 288 g/mol. The number of halogens is 1. The van der Waals surface area contributed by atoms with Crippen molar-refractivity contribution in [2.45, 2.75) is 26.1 Å². The van der Waals surface area contributed by atoms with Gasteiger partial charge in [-0.25, -0.2) is 4.79 Å². The lowest BCUT2D eigenvalue weighted by atomic mass is 10.2. The molecule has 2 unspecified atom stereocenters. The van der Waals surface area contributed by atoms with Crippen molar-refractivity contribution in [1.29, 1.82) is 0 Å². The smallest absolute Gasteiger partial charge is 0.347 e. The number of ether oxygens (including phenoxy) is 2. The highest BCUT2D eigenvalue weighted by Crippen LogP contribution is 2.22. The Bertz CT molecular complexity index is 435. The molecular weight excluding hydrogens is 272 g/mol. The average Bonchev–Trinajstić information content (AvgIpc) is 2.38. The molecular formula is C13H17ClO5. The Balaban J connectivity index is 2.54. The van der Waals surface area contributed by atoms with Gasteiger partial charge in [-0.15, -0.1) is 0 Å². The second-order valence-electron chi connectivity index (χ2n) is 4.14. The maximum Gasteiger partial charge on any atom is 0.347 e. The van der Waals surface area contributed by atoms with Gasteiger partial charge < -0.3 is 19.7 Å². The number of aryl methyl sites for hydroxylation is 1. The van der Waals surface area contributed by atoms with Gasteiger partial charge in [-0.05, 0) is 37.6 Å². The van der Waals surface area contributed by atoms with Crippen molar-refractivity contribution in [3.8, 4) is 5.75 Å². The molecule has 0 fully saturated rings. The lowest BCUT2D eigenvalue weighted by Gasteiger charge is -2.16. The van der Waals surface area contributed by atoms with Crippen LogP contribution in [0.25, 0.3) is 0 Å². The summed E-state index contributed by atoms with van der Waals surface area (Å²) < 4.78 is 10.2. The number of benzene rings is 1. The SMILES string of the molecule is Cc1cc(Cl)ccc1OC(C)C(=O)OCC(O)CO. The van der Waals surface area contributed by atoms with Crippen LogP contribution in [0.4, 0.5) is 0 Å². The molecule has 0 aliphatic rings. The standard InChI is InChI=1S/C13H17ClO5/c1-8-5-10(14)3-4-12(8)19-9(2)13(17)18-7-11(16)6-15/h3-5,9,11,15-16H,6-7H2,1-2H3. The molecule has 0 radical (unpaired) electrons. The fourth-order valence-corrected chi connectivity index (χ4v) is 1.56. The summed E-state index contributed by atoms with van der Waals surface area (Å²) in [6.07, 6.45) is -1.89. The van der Waals surface area contributed by atoms with Crippen LogP contribution in [0.1, 0.15) is 12.5 Å². The maximum absolute atomic E-state index is 11.6. The predicted molar refractivity (Wildman–Crippen MR) is 70.3 cm³/mol. The van der Waals surface area contributed by atoms with Gasteiger partial charge in [-0.1, -0.05) is 11.6 Å². The van der Waals surface area contributed by atoms with Crippen molar-refractivity contribution >= 4 is 17.6 Å². The predicted octanol–water partition coefficient (Wildman–Crippen LogP) is 1.31. The first kappa shape index (κ1) is 15.8. The lowest BCUT2D eigenvalue weighted by Crippen LogP contribution is -2.30. The van der Waals surface area contributed by atoms with Crippen LogP contribution in [0.2, 0.25) is 5.02 Å². The highest BCUT2D eigenvalue weighted by Gasteiger charge is 2.18. The van der Waals surface area contributed by atoms with Crippen LogP contribution < -0.4 is 4.74 Å². The van der Waals surface area contributed by atoms with Crippen LogP contribution >= 0.6 is 11.6 Å². The molecule has 0 saturated carbocycles. The van der Waals surface area contributed by atoms with Crippen molar-refractivity contribution in [1.82, 2.24) is 0 Å². The molecule has 19 heavy (non-hydrogen) atoms. The van der Waals surface area contributed by atoms with E-state index in [2.05, 4.69) is 0 Å². The number of rotatable bonds is 6. The van der Waals surface area contributed by atoms with Gasteiger partial charge in [-0.3, -0.25) is 0 Å². The van der Waals surface area contributed by atoms with Crippen LogP contribution in [0.5, 0.6) is 5.75 Å². The Morgan fingerprint density at radius 2 is 2.16 bits per heavy atom. The van der Waals surface area contributed by atoms with Gasteiger partial charge in [0, 0.05) is 5.02 Å². The Morgan fingerprint density at radius 3 is 2.74 bits per heavy atom. The molecule has 1 aromatic carbocycles. The van der Waals surface area contributed by atoms with E-state index in [0.29, 0.717) is 10.8 Å². The summed E-state index contributed by atoms with van der Waals surface area (Å²) in [6, 6.07) is 5.06. The number of aliphatic hydroxyl groups is 2. The molecule has 0 aliphatic heterocycles. The number of carbonyl (C=O) groups is 1. The Hall–Kier alpha value is -1.30. The van der Waals surface area contributed by atoms with Crippen LogP contribution in [0.3, 0.4) is 0 Å². The van der Waals surface area contributed by atoms with Gasteiger partial charge in [0.15, 0.2) is 6.10 Å². The minimum Gasteiger partial charge on any atom is -0.479 e. The molecule has 0 saturated heterocycles.